The van der Waals surface area contributed by atoms with Gasteiger partial charge in [0.25, 0.3) is 0 Å². The van der Waals surface area contributed by atoms with Crippen molar-refractivity contribution in [2.75, 3.05) is 11.9 Å². The summed E-state index contributed by atoms with van der Waals surface area (Å²) in [6.07, 6.45) is 1.42. The van der Waals surface area contributed by atoms with Crippen LogP contribution in [0.5, 0.6) is 5.75 Å². The number of carbonyl (C=O) groups is 1. The molecule has 0 aliphatic heterocycles. The van der Waals surface area contributed by atoms with Crippen LogP contribution in [-0.4, -0.2) is 23.0 Å². The number of anilines is 1. The van der Waals surface area contributed by atoms with E-state index >= 15 is 0 Å². The van der Waals surface area contributed by atoms with Gasteiger partial charge in [0, 0.05) is 12.7 Å². The summed E-state index contributed by atoms with van der Waals surface area (Å²) in [5.41, 5.74) is 5.81. The van der Waals surface area contributed by atoms with Crippen molar-refractivity contribution in [3.05, 3.63) is 24.3 Å². The first kappa shape index (κ1) is 13.8. The molecule has 3 N–H and O–H groups in total. The number of thiocarbonyl (C=S) groups is 1. The number of hydrogen-bond acceptors (Lipinski definition) is 3. The molecule has 1 fully saturated rings. The minimum absolute atomic E-state index is 0.0659. The number of benzene rings is 1. The molecule has 0 heterocycles. The van der Waals surface area contributed by atoms with E-state index in [1.165, 1.54) is 0 Å². The molecule has 0 atom stereocenters. The molecule has 1 aromatic carbocycles. The summed E-state index contributed by atoms with van der Waals surface area (Å²) in [4.78, 5) is 14.5. The summed E-state index contributed by atoms with van der Waals surface area (Å²) < 4.78 is 0. The first-order chi connectivity index (χ1) is 8.86. The SMILES string of the molecule is CC1CC(C(=O)N(C)c2ccc(O)cc2)(C(N)=S)C1. The van der Waals surface area contributed by atoms with Gasteiger partial charge in [-0.15, -0.1) is 0 Å². The van der Waals surface area contributed by atoms with Crippen LogP contribution in [0.15, 0.2) is 24.3 Å². The highest BCUT2D eigenvalue weighted by atomic mass is 32.1. The van der Waals surface area contributed by atoms with Crippen LogP contribution in [0, 0.1) is 11.3 Å². The molecule has 0 spiro atoms. The Morgan fingerprint density at radius 1 is 1.42 bits per heavy atom. The van der Waals surface area contributed by atoms with Crippen molar-refractivity contribution in [3.8, 4) is 5.75 Å². The van der Waals surface area contributed by atoms with Gasteiger partial charge >= 0.3 is 0 Å². The molecule has 0 bridgehead atoms. The van der Waals surface area contributed by atoms with Gasteiger partial charge < -0.3 is 15.7 Å². The number of phenols is 1. The predicted molar refractivity (Wildman–Crippen MR) is 79.1 cm³/mol. The lowest BCUT2D eigenvalue weighted by molar-refractivity contribution is -0.129. The van der Waals surface area contributed by atoms with Gasteiger partial charge in [-0.3, -0.25) is 4.79 Å². The molecule has 19 heavy (non-hydrogen) atoms. The number of rotatable bonds is 3. The lowest BCUT2D eigenvalue weighted by atomic mass is 9.61. The second-order valence-electron chi connectivity index (χ2n) is 5.34. The highest BCUT2D eigenvalue weighted by Crippen LogP contribution is 2.47. The first-order valence-corrected chi connectivity index (χ1v) is 6.65. The van der Waals surface area contributed by atoms with E-state index in [2.05, 4.69) is 6.92 Å². The van der Waals surface area contributed by atoms with Crippen LogP contribution in [-0.2, 0) is 4.79 Å². The quantitative estimate of drug-likeness (QED) is 0.831. The standard InChI is InChI=1S/C14H18N2O2S/c1-9-7-14(8-9,12(15)19)13(18)16(2)10-3-5-11(17)6-4-10/h3-6,9,17H,7-8H2,1-2H3,(H2,15,19). The molecular weight excluding hydrogens is 260 g/mol. The van der Waals surface area contributed by atoms with E-state index in [-0.39, 0.29) is 16.6 Å². The number of nitrogens with two attached hydrogens (primary N) is 1. The molecule has 5 heteroatoms. The van der Waals surface area contributed by atoms with Gasteiger partial charge in [-0.2, -0.15) is 0 Å². The average Bonchev–Trinajstić information content (AvgIpc) is 2.33. The van der Waals surface area contributed by atoms with Gasteiger partial charge in [-0.05, 0) is 43.0 Å². The molecule has 1 amide bonds. The Hall–Kier alpha value is -1.62. The van der Waals surface area contributed by atoms with Crippen molar-refractivity contribution >= 4 is 28.8 Å². The van der Waals surface area contributed by atoms with Crippen LogP contribution in [0.4, 0.5) is 5.69 Å². The number of aromatic hydroxyl groups is 1. The maximum absolute atomic E-state index is 12.6. The topological polar surface area (TPSA) is 66.6 Å². The normalized spacial score (nSPS) is 25.5. The number of nitrogens with zero attached hydrogens (tertiary/aromatic N) is 1. The van der Waals surface area contributed by atoms with E-state index in [0.717, 1.165) is 5.69 Å². The third kappa shape index (κ3) is 2.30. The first-order valence-electron chi connectivity index (χ1n) is 6.24. The van der Waals surface area contributed by atoms with Crippen LogP contribution in [0.2, 0.25) is 0 Å². The fraction of sp³-hybridized carbons (Fsp3) is 0.429. The second-order valence-corrected chi connectivity index (χ2v) is 5.78. The molecule has 102 valence electrons. The molecule has 0 unspecified atom stereocenters. The van der Waals surface area contributed by atoms with Crippen molar-refractivity contribution in [2.24, 2.45) is 17.1 Å². The Labute approximate surface area is 118 Å². The minimum atomic E-state index is -0.693. The van der Waals surface area contributed by atoms with E-state index in [1.54, 1.807) is 36.2 Å². The summed E-state index contributed by atoms with van der Waals surface area (Å²) in [5.74, 6) is 0.577. The molecule has 4 nitrogen and oxygen atoms in total. The largest absolute Gasteiger partial charge is 0.508 e. The summed E-state index contributed by atoms with van der Waals surface area (Å²) in [6, 6.07) is 6.50. The van der Waals surface area contributed by atoms with E-state index in [0.29, 0.717) is 18.8 Å². The zero-order chi connectivity index (χ0) is 14.2. The maximum atomic E-state index is 12.6. The predicted octanol–water partition coefficient (Wildman–Crippen LogP) is 2.06. The molecule has 0 aromatic heterocycles. The Morgan fingerprint density at radius 2 is 1.95 bits per heavy atom. The summed E-state index contributed by atoms with van der Waals surface area (Å²) in [5, 5.41) is 9.27. The van der Waals surface area contributed by atoms with Crippen LogP contribution in [0.3, 0.4) is 0 Å². The Bertz CT molecular complexity index is 507. The monoisotopic (exact) mass is 278 g/mol. The molecule has 2 rings (SSSR count). The molecule has 0 radical (unpaired) electrons. The average molecular weight is 278 g/mol. The zero-order valence-corrected chi connectivity index (χ0v) is 11.9. The summed E-state index contributed by atoms with van der Waals surface area (Å²) >= 11 is 5.09. The Kier molecular flexibility index (Phi) is 3.49. The van der Waals surface area contributed by atoms with E-state index < -0.39 is 5.41 Å². The van der Waals surface area contributed by atoms with Gasteiger partial charge in [0.15, 0.2) is 0 Å². The number of amides is 1. The van der Waals surface area contributed by atoms with Crippen LogP contribution < -0.4 is 10.6 Å². The molecular formula is C14H18N2O2S. The minimum Gasteiger partial charge on any atom is -0.508 e. The fourth-order valence-electron chi connectivity index (χ4n) is 2.73. The fourth-order valence-corrected chi connectivity index (χ4v) is 2.98. The Balaban J connectivity index is 2.23. The van der Waals surface area contributed by atoms with Crippen molar-refractivity contribution in [2.45, 2.75) is 19.8 Å². The third-order valence-corrected chi connectivity index (χ3v) is 4.21. The van der Waals surface area contributed by atoms with Gasteiger partial charge in [-0.1, -0.05) is 19.1 Å². The highest BCUT2D eigenvalue weighted by molar-refractivity contribution is 7.80. The number of phenolic OH excluding ortho intramolecular Hbond substituents is 1. The summed E-state index contributed by atoms with van der Waals surface area (Å²) in [6.45, 7) is 2.09. The van der Waals surface area contributed by atoms with E-state index in [4.69, 9.17) is 18.0 Å². The third-order valence-electron chi connectivity index (χ3n) is 3.82. The molecule has 1 aromatic rings. The number of hydrogen-bond donors (Lipinski definition) is 2. The Morgan fingerprint density at radius 3 is 2.37 bits per heavy atom. The van der Waals surface area contributed by atoms with Gasteiger partial charge in [0.2, 0.25) is 5.91 Å². The van der Waals surface area contributed by atoms with Gasteiger partial charge in [0.05, 0.1) is 10.4 Å². The van der Waals surface area contributed by atoms with Crippen LogP contribution in [0.25, 0.3) is 0 Å². The number of carbonyl (C=O) groups excluding carboxylic acids is 1. The van der Waals surface area contributed by atoms with Crippen LogP contribution >= 0.6 is 12.2 Å². The van der Waals surface area contributed by atoms with Crippen molar-refractivity contribution in [3.63, 3.8) is 0 Å². The lowest BCUT2D eigenvalue weighted by Crippen LogP contribution is -2.56. The molecule has 1 aliphatic rings. The molecule has 0 saturated heterocycles. The van der Waals surface area contributed by atoms with E-state index in [1.807, 2.05) is 0 Å². The van der Waals surface area contributed by atoms with Gasteiger partial charge in [0.1, 0.15) is 5.75 Å². The van der Waals surface area contributed by atoms with Gasteiger partial charge in [-0.25, -0.2) is 0 Å². The van der Waals surface area contributed by atoms with Crippen molar-refractivity contribution in [1.82, 2.24) is 0 Å². The van der Waals surface area contributed by atoms with Crippen molar-refractivity contribution in [1.29, 1.82) is 0 Å². The maximum Gasteiger partial charge on any atom is 0.239 e. The second kappa shape index (κ2) is 4.81. The summed E-state index contributed by atoms with van der Waals surface area (Å²) in [7, 11) is 1.71. The highest BCUT2D eigenvalue weighted by Gasteiger charge is 2.52. The lowest BCUT2D eigenvalue weighted by Gasteiger charge is -2.45. The smallest absolute Gasteiger partial charge is 0.239 e. The van der Waals surface area contributed by atoms with Crippen molar-refractivity contribution < 1.29 is 9.90 Å². The zero-order valence-electron chi connectivity index (χ0n) is 11.1. The van der Waals surface area contributed by atoms with E-state index in [9.17, 15) is 9.90 Å². The molecule has 1 aliphatic carbocycles. The van der Waals surface area contributed by atoms with Crippen LogP contribution in [0.1, 0.15) is 19.8 Å². The molecule has 1 saturated carbocycles.